The normalized spacial score (nSPS) is 11.7. The van der Waals surface area contributed by atoms with Crippen molar-refractivity contribution < 1.29 is 31.8 Å². The molecule has 0 aliphatic carbocycles. The van der Waals surface area contributed by atoms with Crippen LogP contribution in [0.3, 0.4) is 0 Å². The lowest BCUT2D eigenvalue weighted by molar-refractivity contribution is -0.143. The summed E-state index contributed by atoms with van der Waals surface area (Å²) >= 11 is 0. The highest BCUT2D eigenvalue weighted by molar-refractivity contribution is 6.05. The van der Waals surface area contributed by atoms with Gasteiger partial charge in [-0.25, -0.2) is 18.9 Å². The van der Waals surface area contributed by atoms with Crippen LogP contribution in [0.2, 0.25) is 0 Å². The number of nitrogens with one attached hydrogen (secondary N) is 2. The van der Waals surface area contributed by atoms with Crippen molar-refractivity contribution in [2.45, 2.75) is 26.1 Å². The van der Waals surface area contributed by atoms with E-state index in [1.54, 1.807) is 19.9 Å². The second-order valence-electron chi connectivity index (χ2n) is 9.09. The van der Waals surface area contributed by atoms with E-state index in [-0.39, 0.29) is 40.3 Å². The number of amides is 1. The van der Waals surface area contributed by atoms with Crippen molar-refractivity contribution in [1.29, 1.82) is 0 Å². The number of nitrogens with zero attached hydrogens (tertiary/aromatic N) is 4. The van der Waals surface area contributed by atoms with E-state index < -0.39 is 34.8 Å². The highest BCUT2D eigenvalue weighted by atomic mass is 19.4. The first kappa shape index (κ1) is 27.4. The summed E-state index contributed by atoms with van der Waals surface area (Å²) in [6.07, 6.45) is -2.80. The molecule has 0 aliphatic heterocycles. The van der Waals surface area contributed by atoms with Crippen LogP contribution < -0.4 is 20.5 Å². The van der Waals surface area contributed by atoms with Crippen molar-refractivity contribution >= 4 is 22.8 Å². The van der Waals surface area contributed by atoms with Crippen LogP contribution in [-0.2, 0) is 6.18 Å². The Morgan fingerprint density at radius 1 is 1.07 bits per heavy atom. The van der Waals surface area contributed by atoms with Gasteiger partial charge in [-0.1, -0.05) is 12.1 Å². The van der Waals surface area contributed by atoms with Crippen molar-refractivity contribution in [1.82, 2.24) is 24.3 Å². The maximum atomic E-state index is 15.1. The summed E-state index contributed by atoms with van der Waals surface area (Å²) in [4.78, 5) is 32.0. The average Bonchev–Trinajstić information content (AvgIpc) is 3.52. The van der Waals surface area contributed by atoms with Gasteiger partial charge in [0.05, 0.1) is 18.9 Å². The molecule has 0 bridgehead atoms. The van der Waals surface area contributed by atoms with Crippen LogP contribution in [0.1, 0.15) is 35.9 Å². The van der Waals surface area contributed by atoms with E-state index in [2.05, 4.69) is 20.4 Å². The predicted octanol–water partition coefficient (Wildman–Crippen LogP) is 5.70. The van der Waals surface area contributed by atoms with Gasteiger partial charge in [0.2, 0.25) is 0 Å². The zero-order valence-electron chi connectivity index (χ0n) is 21.8. The molecule has 41 heavy (non-hydrogen) atoms. The Balaban J connectivity index is 1.44. The van der Waals surface area contributed by atoms with Gasteiger partial charge in [0, 0.05) is 30.1 Å². The Labute approximate surface area is 229 Å². The largest absolute Gasteiger partial charge is 0.494 e. The third kappa shape index (κ3) is 5.11. The van der Waals surface area contributed by atoms with E-state index in [0.717, 1.165) is 12.3 Å². The molecule has 10 nitrogen and oxygen atoms in total. The molecule has 0 spiro atoms. The summed E-state index contributed by atoms with van der Waals surface area (Å²) in [7, 11) is 1.30. The molecular formula is C27H22F4N6O4. The van der Waals surface area contributed by atoms with E-state index in [1.807, 2.05) is 0 Å². The van der Waals surface area contributed by atoms with Crippen molar-refractivity contribution in [2.75, 3.05) is 12.4 Å². The van der Waals surface area contributed by atoms with Gasteiger partial charge in [-0.3, -0.25) is 14.3 Å². The predicted molar refractivity (Wildman–Crippen MR) is 140 cm³/mol. The molecule has 0 aliphatic rings. The number of para-hydroxylation sites is 2. The molecule has 0 atom stereocenters. The number of imidazole rings is 1. The minimum atomic E-state index is -4.96. The van der Waals surface area contributed by atoms with E-state index in [0.29, 0.717) is 10.2 Å². The average molecular weight is 571 g/mol. The fraction of sp³-hybridized carbons (Fsp3) is 0.185. The molecule has 2 N–H and O–H groups in total. The van der Waals surface area contributed by atoms with Crippen molar-refractivity contribution in [3.63, 3.8) is 0 Å². The number of H-pyrrole nitrogens is 1. The number of hydrogen-bond donors (Lipinski definition) is 2. The van der Waals surface area contributed by atoms with Crippen LogP contribution in [0, 0.1) is 5.82 Å². The number of carbonyl (C=O) groups is 1. The Morgan fingerprint density at radius 3 is 2.51 bits per heavy atom. The third-order valence-electron chi connectivity index (χ3n) is 6.09. The molecule has 5 aromatic rings. The van der Waals surface area contributed by atoms with Crippen LogP contribution >= 0.6 is 0 Å². The maximum Gasteiger partial charge on any atom is 0.434 e. The quantitative estimate of drug-likeness (QED) is 0.243. The standard InChI is InChI=1S/C27H22F4N6O4/c1-14(2)36-22-21(10-11-32-24(22)35-26(36)39)41-19-9-8-15(12-17(19)28)34-25(38)16-13-33-37(23(16)27(29,30)31)18-6-4-5-7-20(18)40-3/h4-14H,1-3H3,(H,34,38)(H,32,35,39). The van der Waals surface area contributed by atoms with Gasteiger partial charge in [-0.15, -0.1) is 0 Å². The lowest BCUT2D eigenvalue weighted by Crippen LogP contribution is -2.21. The molecule has 0 saturated heterocycles. The van der Waals surface area contributed by atoms with Crippen LogP contribution in [-0.4, -0.2) is 37.3 Å². The Kier molecular flexibility index (Phi) is 6.99. The number of aromatic nitrogens is 5. The van der Waals surface area contributed by atoms with Gasteiger partial charge >= 0.3 is 11.9 Å². The summed E-state index contributed by atoms with van der Waals surface area (Å²) in [6, 6.07) is 10.5. The number of rotatable bonds is 7. The zero-order chi connectivity index (χ0) is 29.5. The first-order valence-corrected chi connectivity index (χ1v) is 12.2. The highest BCUT2D eigenvalue weighted by Gasteiger charge is 2.41. The number of hydrogen-bond acceptors (Lipinski definition) is 6. The Bertz CT molecular complexity index is 1820. The molecule has 1 amide bonds. The molecule has 3 aromatic heterocycles. The van der Waals surface area contributed by atoms with Crippen molar-refractivity contribution in [3.05, 3.63) is 88.5 Å². The fourth-order valence-corrected chi connectivity index (χ4v) is 4.35. The van der Waals surface area contributed by atoms with E-state index in [1.165, 1.54) is 54.3 Å². The van der Waals surface area contributed by atoms with E-state index in [4.69, 9.17) is 9.47 Å². The minimum Gasteiger partial charge on any atom is -0.494 e. The summed E-state index contributed by atoms with van der Waals surface area (Å²) in [5, 5.41) is 6.05. The van der Waals surface area contributed by atoms with Crippen LogP contribution in [0.25, 0.3) is 16.9 Å². The highest BCUT2D eigenvalue weighted by Crippen LogP contribution is 2.36. The maximum absolute atomic E-state index is 15.1. The van der Waals surface area contributed by atoms with Gasteiger partial charge in [-0.05, 0) is 38.1 Å². The number of ether oxygens (including phenoxy) is 2. The molecule has 0 saturated carbocycles. The zero-order valence-corrected chi connectivity index (χ0v) is 21.8. The lowest BCUT2D eigenvalue weighted by atomic mass is 10.2. The number of alkyl halides is 3. The number of pyridine rings is 1. The number of benzene rings is 2. The van der Waals surface area contributed by atoms with Gasteiger partial charge < -0.3 is 14.8 Å². The van der Waals surface area contributed by atoms with Crippen molar-refractivity contribution in [3.8, 4) is 22.9 Å². The molecule has 212 valence electrons. The lowest BCUT2D eigenvalue weighted by Gasteiger charge is -2.15. The van der Waals surface area contributed by atoms with Gasteiger partial charge in [0.25, 0.3) is 5.91 Å². The first-order valence-electron chi connectivity index (χ1n) is 12.2. The number of halogens is 4. The SMILES string of the molecule is COc1ccccc1-n1ncc(C(=O)Nc2ccc(Oc3ccnc4[nH]c(=O)n(C(C)C)c34)c(F)c2)c1C(F)(F)F. The molecule has 3 heterocycles. The summed E-state index contributed by atoms with van der Waals surface area (Å²) < 4.78 is 70.2. The molecule has 14 heteroatoms. The molecule has 0 fully saturated rings. The molecular weight excluding hydrogens is 548 g/mol. The minimum absolute atomic E-state index is 0.0237. The van der Waals surface area contributed by atoms with Crippen LogP contribution in [0.5, 0.6) is 17.2 Å². The summed E-state index contributed by atoms with van der Waals surface area (Å²) in [5.74, 6) is -2.06. The van der Waals surface area contributed by atoms with Gasteiger partial charge in [-0.2, -0.15) is 18.3 Å². The Morgan fingerprint density at radius 2 is 1.83 bits per heavy atom. The van der Waals surface area contributed by atoms with Gasteiger partial charge in [0.1, 0.15) is 17.0 Å². The van der Waals surface area contributed by atoms with E-state index in [9.17, 15) is 22.8 Å². The van der Waals surface area contributed by atoms with E-state index >= 15 is 4.39 Å². The fourth-order valence-electron chi connectivity index (χ4n) is 4.35. The van der Waals surface area contributed by atoms with Crippen molar-refractivity contribution in [2.24, 2.45) is 0 Å². The number of methoxy groups -OCH3 is 1. The molecule has 5 rings (SSSR count). The van der Waals surface area contributed by atoms with Crippen LogP contribution in [0.15, 0.2) is 65.7 Å². The number of carbonyl (C=O) groups excluding carboxylic acids is 1. The number of aromatic amines is 1. The topological polar surface area (TPSA) is 116 Å². The smallest absolute Gasteiger partial charge is 0.434 e. The molecule has 0 radical (unpaired) electrons. The first-order chi connectivity index (χ1) is 19.5. The molecule has 2 aromatic carbocycles. The van der Waals surface area contributed by atoms with Gasteiger partial charge in [0.15, 0.2) is 28.7 Å². The monoisotopic (exact) mass is 570 g/mol. The number of fused-ring (bicyclic) bond motifs is 1. The summed E-state index contributed by atoms with van der Waals surface area (Å²) in [6.45, 7) is 3.57. The second kappa shape index (κ2) is 10.4. The summed E-state index contributed by atoms with van der Waals surface area (Å²) in [5.41, 5.74) is -2.09. The second-order valence-corrected chi connectivity index (χ2v) is 9.09. The number of anilines is 1. The third-order valence-corrected chi connectivity index (χ3v) is 6.09. The van der Waals surface area contributed by atoms with Crippen LogP contribution in [0.4, 0.5) is 23.2 Å². The Hall–Kier alpha value is -5.14. The molecule has 0 unspecified atom stereocenters.